The van der Waals surface area contributed by atoms with Crippen LogP contribution in [0.4, 0.5) is 0 Å². The van der Waals surface area contributed by atoms with E-state index in [4.69, 9.17) is 0 Å². The second-order valence-corrected chi connectivity index (χ2v) is 4.95. The van der Waals surface area contributed by atoms with Crippen molar-refractivity contribution >= 4 is 17.7 Å². The van der Waals surface area contributed by atoms with E-state index in [1.54, 1.807) is 6.20 Å². The number of aromatic nitrogens is 2. The monoisotopic (exact) mass is 261 g/mol. The summed E-state index contributed by atoms with van der Waals surface area (Å²) in [5.41, 5.74) is 3.40. The number of carboxylic acid groups (broad SMARTS) is 1. The number of imidazole rings is 1. The molecule has 0 saturated heterocycles. The second kappa shape index (κ2) is 5.27. The minimum atomic E-state index is -1.09. The molecule has 0 aliphatic rings. The highest BCUT2D eigenvalue weighted by molar-refractivity contribution is 7.99. The molecule has 1 aromatic heterocycles. The number of nitrogens with zero attached hydrogens (tertiary/aromatic N) is 2. The van der Waals surface area contributed by atoms with E-state index in [0.717, 1.165) is 17.4 Å². The van der Waals surface area contributed by atoms with Crippen molar-refractivity contribution in [2.24, 2.45) is 0 Å². The van der Waals surface area contributed by atoms with Crippen LogP contribution in [0.15, 0.2) is 35.7 Å². The second-order valence-electron chi connectivity index (χ2n) is 4.01. The van der Waals surface area contributed by atoms with Crippen LogP contribution >= 0.6 is 11.8 Å². The van der Waals surface area contributed by atoms with Crippen molar-refractivity contribution in [3.63, 3.8) is 0 Å². The number of carbonyl (C=O) groups is 1. The zero-order valence-corrected chi connectivity index (χ0v) is 11.0. The van der Waals surface area contributed by atoms with Gasteiger partial charge in [0.25, 0.3) is 0 Å². The van der Waals surface area contributed by atoms with Crippen LogP contribution in [0, 0.1) is 13.8 Å². The van der Waals surface area contributed by atoms with Gasteiger partial charge in [0.1, 0.15) is 0 Å². The molecule has 4 nitrogen and oxygen atoms in total. The zero-order chi connectivity index (χ0) is 13.1. The van der Waals surface area contributed by atoms with Crippen molar-refractivity contribution in [2.45, 2.75) is 19.0 Å². The van der Waals surface area contributed by atoms with Gasteiger partial charge in [0.05, 0.1) is 5.97 Å². The van der Waals surface area contributed by atoms with Crippen molar-refractivity contribution in [1.82, 2.24) is 9.55 Å². The van der Waals surface area contributed by atoms with Gasteiger partial charge < -0.3 is 9.90 Å². The minimum Gasteiger partial charge on any atom is -0.549 e. The van der Waals surface area contributed by atoms with Crippen molar-refractivity contribution in [2.75, 3.05) is 5.75 Å². The van der Waals surface area contributed by atoms with Gasteiger partial charge >= 0.3 is 0 Å². The smallest absolute Gasteiger partial charge is 0.172 e. The van der Waals surface area contributed by atoms with Crippen molar-refractivity contribution in [3.8, 4) is 5.69 Å². The van der Waals surface area contributed by atoms with Gasteiger partial charge in [0.2, 0.25) is 0 Å². The first-order valence-electron chi connectivity index (χ1n) is 5.51. The van der Waals surface area contributed by atoms with Gasteiger partial charge in [-0.3, -0.25) is 4.57 Å². The normalized spacial score (nSPS) is 10.6. The van der Waals surface area contributed by atoms with Gasteiger partial charge in [-0.05, 0) is 37.1 Å². The summed E-state index contributed by atoms with van der Waals surface area (Å²) in [5, 5.41) is 11.1. The highest BCUT2D eigenvalue weighted by Gasteiger charge is 2.06. The molecule has 0 aliphatic carbocycles. The Hall–Kier alpha value is -1.75. The Morgan fingerprint density at radius 2 is 2.17 bits per heavy atom. The molecule has 2 aromatic rings. The van der Waals surface area contributed by atoms with E-state index < -0.39 is 5.97 Å². The maximum absolute atomic E-state index is 10.5. The molecule has 0 radical (unpaired) electrons. The van der Waals surface area contributed by atoms with Crippen LogP contribution in [-0.4, -0.2) is 21.3 Å². The summed E-state index contributed by atoms with van der Waals surface area (Å²) >= 11 is 1.16. The van der Waals surface area contributed by atoms with E-state index >= 15 is 0 Å². The highest BCUT2D eigenvalue weighted by atomic mass is 32.2. The van der Waals surface area contributed by atoms with E-state index in [2.05, 4.69) is 18.0 Å². The standard InChI is InChI=1S/C13H14N2O2S/c1-9-3-4-11(7-10(9)2)15-6-5-14-13(15)18-8-12(16)17/h3-7H,8H2,1-2H3,(H,16,17)/p-1. The summed E-state index contributed by atoms with van der Waals surface area (Å²) in [7, 11) is 0. The van der Waals surface area contributed by atoms with E-state index in [0.29, 0.717) is 5.16 Å². The van der Waals surface area contributed by atoms with E-state index in [9.17, 15) is 9.90 Å². The van der Waals surface area contributed by atoms with Crippen LogP contribution in [-0.2, 0) is 4.79 Å². The van der Waals surface area contributed by atoms with Crippen LogP contribution in [0.3, 0.4) is 0 Å². The molecule has 1 heterocycles. The molecule has 5 heteroatoms. The predicted octanol–water partition coefficient (Wildman–Crippen LogP) is 1.33. The average molecular weight is 261 g/mol. The first kappa shape index (κ1) is 12.7. The number of carbonyl (C=O) groups excluding carboxylic acids is 1. The molecule has 0 atom stereocenters. The molecular formula is C13H13N2O2S-. The molecular weight excluding hydrogens is 248 g/mol. The zero-order valence-electron chi connectivity index (χ0n) is 10.2. The van der Waals surface area contributed by atoms with Crippen LogP contribution in [0.1, 0.15) is 11.1 Å². The molecule has 0 amide bonds. The summed E-state index contributed by atoms with van der Waals surface area (Å²) in [6.45, 7) is 4.10. The summed E-state index contributed by atoms with van der Waals surface area (Å²) in [4.78, 5) is 14.6. The van der Waals surface area contributed by atoms with Gasteiger partial charge in [-0.25, -0.2) is 4.98 Å². The van der Waals surface area contributed by atoms with Crippen molar-refractivity contribution in [3.05, 3.63) is 41.7 Å². The Kier molecular flexibility index (Phi) is 3.72. The molecule has 18 heavy (non-hydrogen) atoms. The summed E-state index contributed by atoms with van der Waals surface area (Å²) in [6.07, 6.45) is 3.48. The fourth-order valence-electron chi connectivity index (χ4n) is 1.59. The third-order valence-electron chi connectivity index (χ3n) is 2.69. The molecule has 0 aliphatic heterocycles. The third kappa shape index (κ3) is 2.73. The number of aryl methyl sites for hydroxylation is 2. The Balaban J connectivity index is 2.30. The SMILES string of the molecule is Cc1ccc(-n2ccnc2SCC(=O)[O-])cc1C. The Morgan fingerprint density at radius 3 is 2.83 bits per heavy atom. The minimum absolute atomic E-state index is 0.0954. The number of aliphatic carboxylic acids is 1. The van der Waals surface area contributed by atoms with E-state index in [-0.39, 0.29) is 5.75 Å². The van der Waals surface area contributed by atoms with Crippen molar-refractivity contribution in [1.29, 1.82) is 0 Å². The number of carboxylic acids is 1. The topological polar surface area (TPSA) is 58.0 Å². The Labute approximate surface area is 110 Å². The molecule has 2 rings (SSSR count). The molecule has 0 fully saturated rings. The number of hydrogen-bond acceptors (Lipinski definition) is 4. The molecule has 1 aromatic carbocycles. The largest absolute Gasteiger partial charge is 0.549 e. The number of thioether (sulfide) groups is 1. The van der Waals surface area contributed by atoms with Gasteiger partial charge in [0.15, 0.2) is 5.16 Å². The van der Waals surface area contributed by atoms with E-state index in [1.807, 2.05) is 29.8 Å². The molecule has 0 N–H and O–H groups in total. The van der Waals surface area contributed by atoms with Gasteiger partial charge in [-0.1, -0.05) is 17.8 Å². The van der Waals surface area contributed by atoms with Crippen molar-refractivity contribution < 1.29 is 9.90 Å². The van der Waals surface area contributed by atoms with Crippen LogP contribution < -0.4 is 5.11 Å². The summed E-state index contributed by atoms with van der Waals surface area (Å²) in [5.74, 6) is -1.18. The third-order valence-corrected chi connectivity index (χ3v) is 3.63. The summed E-state index contributed by atoms with van der Waals surface area (Å²) in [6, 6.07) is 6.09. The van der Waals surface area contributed by atoms with Gasteiger partial charge in [-0.15, -0.1) is 0 Å². The lowest BCUT2D eigenvalue weighted by Gasteiger charge is -2.09. The fraction of sp³-hybridized carbons (Fsp3) is 0.231. The maximum atomic E-state index is 10.5. The quantitative estimate of drug-likeness (QED) is 0.779. The van der Waals surface area contributed by atoms with E-state index in [1.165, 1.54) is 11.1 Å². The molecule has 0 spiro atoms. The Bertz CT molecular complexity index is 578. The molecule has 0 bridgehead atoms. The molecule has 94 valence electrons. The number of rotatable bonds is 4. The number of benzene rings is 1. The molecule has 0 saturated carbocycles. The molecule has 0 unspecified atom stereocenters. The lowest BCUT2D eigenvalue weighted by molar-refractivity contribution is -0.301. The average Bonchev–Trinajstić information content (AvgIpc) is 2.78. The van der Waals surface area contributed by atoms with Crippen LogP contribution in [0.5, 0.6) is 0 Å². The highest BCUT2D eigenvalue weighted by Crippen LogP contribution is 2.21. The van der Waals surface area contributed by atoms with Gasteiger partial charge in [0, 0.05) is 23.8 Å². The lowest BCUT2D eigenvalue weighted by Crippen LogP contribution is -2.24. The number of hydrogen-bond donors (Lipinski definition) is 0. The van der Waals surface area contributed by atoms with Gasteiger partial charge in [-0.2, -0.15) is 0 Å². The van der Waals surface area contributed by atoms with Crippen LogP contribution in [0.2, 0.25) is 0 Å². The summed E-state index contributed by atoms with van der Waals surface area (Å²) < 4.78 is 1.88. The Morgan fingerprint density at radius 1 is 1.39 bits per heavy atom. The fourth-order valence-corrected chi connectivity index (χ4v) is 2.28. The van der Waals surface area contributed by atoms with Crippen LogP contribution in [0.25, 0.3) is 5.69 Å². The lowest BCUT2D eigenvalue weighted by atomic mass is 10.1. The first-order valence-corrected chi connectivity index (χ1v) is 6.50. The maximum Gasteiger partial charge on any atom is 0.172 e. The predicted molar refractivity (Wildman–Crippen MR) is 68.8 cm³/mol. The first-order chi connectivity index (χ1) is 8.58.